The number of piperidine rings is 3. The summed E-state index contributed by atoms with van der Waals surface area (Å²) in [5.41, 5.74) is -2.53. The monoisotopic (exact) mass is 509 g/mol. The molecule has 3 spiro atoms. The Kier molecular flexibility index (Phi) is 4.26. The molecule has 5 atom stereocenters. The smallest absolute Gasteiger partial charge is 0.243 e. The fraction of sp³-hybridized carbons (Fsp3) is 0.724. The summed E-state index contributed by atoms with van der Waals surface area (Å²) >= 11 is 0. The molecule has 8 nitrogen and oxygen atoms in total. The molecule has 6 aliphatic heterocycles. The van der Waals surface area contributed by atoms with Crippen LogP contribution in [0.3, 0.4) is 0 Å². The Bertz CT molecular complexity index is 1260. The largest absolute Gasteiger partial charge is 0.484 e. The molecule has 8 rings (SSSR count). The van der Waals surface area contributed by atoms with Crippen LogP contribution < -0.4 is 14.8 Å². The minimum atomic E-state index is -1.22. The summed E-state index contributed by atoms with van der Waals surface area (Å²) in [7, 11) is 1.98. The summed E-state index contributed by atoms with van der Waals surface area (Å²) in [4.78, 5) is 32.6. The highest BCUT2D eigenvalue weighted by Crippen LogP contribution is 2.72. The van der Waals surface area contributed by atoms with E-state index in [1.807, 2.05) is 37.9 Å². The number of benzene rings is 1. The minimum absolute atomic E-state index is 0.0247. The first-order valence-corrected chi connectivity index (χ1v) is 13.8. The Hall–Kier alpha value is -2.32. The number of nitrogens with zero attached hydrogens (tertiary/aromatic N) is 2. The highest BCUT2D eigenvalue weighted by atomic mass is 16.6. The molecule has 1 unspecified atom stereocenters. The van der Waals surface area contributed by atoms with Crippen LogP contribution in [0.15, 0.2) is 12.1 Å². The fourth-order valence-electron chi connectivity index (χ4n) is 9.11. The third-order valence-corrected chi connectivity index (χ3v) is 11.8. The van der Waals surface area contributed by atoms with Crippen molar-refractivity contribution in [1.82, 2.24) is 9.80 Å². The molecule has 1 aromatic rings. The number of piperazine rings is 1. The van der Waals surface area contributed by atoms with E-state index >= 15 is 0 Å². The molecule has 4 saturated heterocycles. The van der Waals surface area contributed by atoms with Crippen LogP contribution in [0.25, 0.3) is 0 Å². The predicted octanol–water partition coefficient (Wildman–Crippen LogP) is 3.06. The molecule has 7 aliphatic rings. The van der Waals surface area contributed by atoms with Crippen LogP contribution in [0, 0.1) is 11.3 Å². The summed E-state index contributed by atoms with van der Waals surface area (Å²) < 4.78 is 12.5. The second-order valence-corrected chi connectivity index (χ2v) is 13.9. The van der Waals surface area contributed by atoms with Crippen molar-refractivity contribution < 1.29 is 24.2 Å². The van der Waals surface area contributed by atoms with E-state index in [1.165, 1.54) is 0 Å². The number of carbonyl (C=O) groups excluding carboxylic acids is 2. The summed E-state index contributed by atoms with van der Waals surface area (Å²) in [6, 6.07) is 3.91. The third kappa shape index (κ3) is 2.44. The number of fused-ring (bicyclic) bond motifs is 5. The van der Waals surface area contributed by atoms with Crippen LogP contribution in [0.5, 0.6) is 11.5 Å². The maximum absolute atomic E-state index is 14.2. The van der Waals surface area contributed by atoms with Crippen molar-refractivity contribution in [3.05, 3.63) is 17.7 Å². The average Bonchev–Trinajstić information content (AvgIpc) is 3.19. The zero-order valence-electron chi connectivity index (χ0n) is 22.9. The zero-order valence-corrected chi connectivity index (χ0v) is 22.9. The number of hydrogen-bond acceptors (Lipinski definition) is 6. The molecule has 0 aromatic heterocycles. The van der Waals surface area contributed by atoms with E-state index in [9.17, 15) is 14.7 Å². The van der Waals surface area contributed by atoms with Crippen molar-refractivity contribution >= 4 is 17.5 Å². The number of likely N-dealkylation sites (N-methyl/N-ethyl adjacent to an activating group) is 1. The van der Waals surface area contributed by atoms with Gasteiger partial charge >= 0.3 is 0 Å². The molecule has 2 bridgehead atoms. The fourth-order valence-corrected chi connectivity index (χ4v) is 9.11. The molecular weight excluding hydrogens is 470 g/mol. The van der Waals surface area contributed by atoms with E-state index < -0.39 is 33.1 Å². The zero-order chi connectivity index (χ0) is 26.4. The predicted molar refractivity (Wildman–Crippen MR) is 138 cm³/mol. The quantitative estimate of drug-likeness (QED) is 0.559. The van der Waals surface area contributed by atoms with Crippen molar-refractivity contribution in [3.8, 4) is 11.5 Å². The van der Waals surface area contributed by atoms with Gasteiger partial charge in [-0.25, -0.2) is 0 Å². The summed E-state index contributed by atoms with van der Waals surface area (Å²) in [5, 5.41) is 14.2. The molecule has 2 amide bonds. The van der Waals surface area contributed by atoms with Gasteiger partial charge in [0.2, 0.25) is 11.8 Å². The second-order valence-electron chi connectivity index (χ2n) is 13.9. The number of aliphatic hydroxyl groups is 1. The van der Waals surface area contributed by atoms with E-state index in [4.69, 9.17) is 9.47 Å². The van der Waals surface area contributed by atoms with Crippen LogP contribution in [0.4, 0.5) is 5.69 Å². The maximum Gasteiger partial charge on any atom is 0.243 e. The highest BCUT2D eigenvalue weighted by Gasteiger charge is 2.79. The van der Waals surface area contributed by atoms with Gasteiger partial charge in [0.1, 0.15) is 23.3 Å². The summed E-state index contributed by atoms with van der Waals surface area (Å²) in [6.45, 7) is 11.7. The molecule has 200 valence electrons. The number of nitrogens with one attached hydrogen (secondary N) is 1. The van der Waals surface area contributed by atoms with E-state index in [1.54, 1.807) is 6.92 Å². The lowest BCUT2D eigenvalue weighted by Gasteiger charge is -2.67. The van der Waals surface area contributed by atoms with Gasteiger partial charge in [0.05, 0.1) is 16.6 Å². The lowest BCUT2D eigenvalue weighted by molar-refractivity contribution is -0.196. The van der Waals surface area contributed by atoms with Crippen LogP contribution in [-0.2, 0) is 15.0 Å². The number of ether oxygens (including phenoxy) is 2. The second kappa shape index (κ2) is 6.63. The first-order valence-electron chi connectivity index (χ1n) is 13.8. The Morgan fingerprint density at radius 2 is 1.86 bits per heavy atom. The first-order chi connectivity index (χ1) is 17.2. The van der Waals surface area contributed by atoms with Gasteiger partial charge in [0, 0.05) is 13.6 Å². The summed E-state index contributed by atoms with van der Waals surface area (Å²) in [5.74, 6) is 1.42. The van der Waals surface area contributed by atoms with Crippen LogP contribution in [-0.4, -0.2) is 75.7 Å². The van der Waals surface area contributed by atoms with Gasteiger partial charge in [0.25, 0.3) is 0 Å². The Morgan fingerprint density at radius 3 is 2.62 bits per heavy atom. The van der Waals surface area contributed by atoms with Crippen LogP contribution >= 0.6 is 0 Å². The Labute approximate surface area is 218 Å². The number of amides is 2. The molecule has 0 radical (unpaired) electrons. The minimum Gasteiger partial charge on any atom is -0.484 e. The molecule has 2 N–H and O–H groups in total. The lowest BCUT2D eigenvalue weighted by Crippen LogP contribution is -2.80. The third-order valence-electron chi connectivity index (χ3n) is 11.8. The van der Waals surface area contributed by atoms with Gasteiger partial charge in [-0.2, -0.15) is 0 Å². The molecule has 8 heteroatoms. The molecule has 37 heavy (non-hydrogen) atoms. The van der Waals surface area contributed by atoms with Crippen molar-refractivity contribution in [2.45, 2.75) is 94.4 Å². The number of rotatable bonds is 0. The lowest BCUT2D eigenvalue weighted by atomic mass is 9.56. The normalized spacial score (nSPS) is 42.8. The van der Waals surface area contributed by atoms with Crippen molar-refractivity contribution in [3.63, 3.8) is 0 Å². The number of carbonyl (C=O) groups is 2. The molecule has 1 saturated carbocycles. The van der Waals surface area contributed by atoms with Gasteiger partial charge in [0.15, 0.2) is 11.5 Å². The van der Waals surface area contributed by atoms with Gasteiger partial charge in [-0.1, -0.05) is 19.9 Å². The topological polar surface area (TPSA) is 91.3 Å². The van der Waals surface area contributed by atoms with E-state index in [0.717, 1.165) is 44.3 Å². The van der Waals surface area contributed by atoms with Gasteiger partial charge in [-0.05, 0) is 82.4 Å². The highest BCUT2D eigenvalue weighted by molar-refractivity contribution is 6.09. The van der Waals surface area contributed by atoms with Crippen LogP contribution in [0.2, 0.25) is 0 Å². The standard InChI is InChI=1S/C29H39N3O5/c1-24(2)19-13-27-11-7-8-12-32(27)15-28(19,31(6)23(27)34)14-29(24)17-9-10-18-21(20(17)30-22(29)33)36-16-26(5,35)25(3,4)37-18/h9-10,19,35H,7-8,11-16H2,1-6H3,(H,30,33)/t19-,26?,27+,28-,29-/m1/s1. The average molecular weight is 510 g/mol. The molecule has 1 aliphatic carbocycles. The Morgan fingerprint density at radius 1 is 1.11 bits per heavy atom. The van der Waals surface area contributed by atoms with Gasteiger partial charge in [-0.3, -0.25) is 14.5 Å². The van der Waals surface area contributed by atoms with Gasteiger partial charge < -0.3 is 24.8 Å². The first kappa shape index (κ1) is 23.8. The maximum atomic E-state index is 14.2. The molecule has 6 heterocycles. The van der Waals surface area contributed by atoms with E-state index in [-0.39, 0.29) is 24.3 Å². The van der Waals surface area contributed by atoms with Gasteiger partial charge in [-0.15, -0.1) is 0 Å². The van der Waals surface area contributed by atoms with Crippen LogP contribution in [0.1, 0.15) is 72.3 Å². The molecular formula is C29H39N3O5. The molecule has 5 fully saturated rings. The number of anilines is 1. The van der Waals surface area contributed by atoms with Crippen molar-refractivity contribution in [1.29, 1.82) is 0 Å². The Balaban J connectivity index is 1.39. The SMILES string of the molecule is CN1C(=O)[C@@]23CCCCN2C[C@@]12C[C@@]1(C(=O)Nc4c1ccc1c4OCC(C)(O)C(C)(C)O1)C(C)(C)[C@H]2C3. The van der Waals surface area contributed by atoms with Crippen molar-refractivity contribution in [2.75, 3.05) is 32.1 Å². The van der Waals surface area contributed by atoms with E-state index in [2.05, 4.69) is 24.1 Å². The molecule has 1 aromatic carbocycles. The van der Waals surface area contributed by atoms with Crippen molar-refractivity contribution in [2.24, 2.45) is 11.3 Å². The number of hydrogen-bond donors (Lipinski definition) is 2. The van der Waals surface area contributed by atoms with E-state index in [0.29, 0.717) is 23.6 Å². The summed E-state index contributed by atoms with van der Waals surface area (Å²) in [6.07, 6.45) is 4.52.